The maximum absolute atomic E-state index is 7.67. The summed E-state index contributed by atoms with van der Waals surface area (Å²) < 4.78 is 1.11. The molecule has 0 radical (unpaired) electrons. The average Bonchev–Trinajstić information content (AvgIpc) is 2.57. The lowest BCUT2D eigenvalue weighted by Gasteiger charge is -2.34. The molecule has 0 aliphatic heterocycles. The predicted octanol–water partition coefficient (Wildman–Crippen LogP) is 5.32. The van der Waals surface area contributed by atoms with Gasteiger partial charge >= 0.3 is 0 Å². The van der Waals surface area contributed by atoms with E-state index in [1.165, 1.54) is 43.2 Å². The zero-order valence-corrected chi connectivity index (χ0v) is 16.5. The summed E-state index contributed by atoms with van der Waals surface area (Å²) in [5.41, 5.74) is 8.31. The van der Waals surface area contributed by atoms with Crippen molar-refractivity contribution in [3.63, 3.8) is 0 Å². The van der Waals surface area contributed by atoms with Gasteiger partial charge in [0.1, 0.15) is 5.84 Å². The van der Waals surface area contributed by atoms with Crippen molar-refractivity contribution in [2.24, 2.45) is 11.7 Å². The second-order valence-corrected chi connectivity index (χ2v) is 7.14. The molecule has 23 heavy (non-hydrogen) atoms. The highest BCUT2D eigenvalue weighted by atomic mass is 79.9. The van der Waals surface area contributed by atoms with Crippen LogP contribution in [-0.2, 0) is 0 Å². The lowest BCUT2D eigenvalue weighted by atomic mass is 9.80. The van der Waals surface area contributed by atoms with Gasteiger partial charge in [-0.05, 0) is 55.9 Å². The van der Waals surface area contributed by atoms with E-state index in [0.29, 0.717) is 5.92 Å². The Morgan fingerprint density at radius 1 is 1.26 bits per heavy atom. The van der Waals surface area contributed by atoms with E-state index >= 15 is 0 Å². The quantitative estimate of drug-likeness (QED) is 0.477. The summed E-state index contributed by atoms with van der Waals surface area (Å²) in [6, 6.07) is 6.66. The minimum Gasteiger partial charge on any atom is -0.386 e. The first kappa shape index (κ1) is 20.2. The number of rotatable bonds is 5. The van der Waals surface area contributed by atoms with Gasteiger partial charge in [-0.25, -0.2) is 0 Å². The number of halogens is 1. The molecule has 1 aliphatic rings. The van der Waals surface area contributed by atoms with Crippen molar-refractivity contribution >= 4 is 21.8 Å². The highest BCUT2D eigenvalue weighted by Gasteiger charge is 2.27. The molecule has 130 valence electrons. The van der Waals surface area contributed by atoms with Crippen molar-refractivity contribution in [3.05, 3.63) is 33.8 Å². The summed E-state index contributed by atoms with van der Waals surface area (Å²) in [6.45, 7) is 8.14. The van der Waals surface area contributed by atoms with Gasteiger partial charge in [0.05, 0.1) is 6.04 Å². The fourth-order valence-corrected chi connectivity index (χ4v) is 3.63. The van der Waals surface area contributed by atoms with Crippen LogP contribution in [0.2, 0.25) is 0 Å². The van der Waals surface area contributed by atoms with E-state index in [4.69, 9.17) is 11.1 Å². The van der Waals surface area contributed by atoms with Crippen LogP contribution in [0.3, 0.4) is 0 Å². The Bertz CT molecular complexity index is 495. The van der Waals surface area contributed by atoms with Gasteiger partial charge < -0.3 is 11.1 Å². The predicted molar refractivity (Wildman–Crippen MR) is 104 cm³/mol. The van der Waals surface area contributed by atoms with Crippen molar-refractivity contribution in [2.75, 3.05) is 0 Å². The molecule has 3 nitrogen and oxygen atoms in total. The molecule has 2 unspecified atom stereocenters. The van der Waals surface area contributed by atoms with Crippen LogP contribution in [-0.4, -0.2) is 11.9 Å². The molecule has 0 saturated heterocycles. The molecule has 4 N–H and O–H groups in total. The van der Waals surface area contributed by atoms with Crippen molar-refractivity contribution in [3.8, 4) is 0 Å². The van der Waals surface area contributed by atoms with E-state index in [9.17, 15) is 0 Å². The molecule has 0 spiro atoms. The summed E-state index contributed by atoms with van der Waals surface area (Å²) in [7, 11) is 0. The van der Waals surface area contributed by atoms with Gasteiger partial charge in [0.25, 0.3) is 0 Å². The number of nitrogens with two attached hydrogens (primary N) is 1. The van der Waals surface area contributed by atoms with Gasteiger partial charge in [0.2, 0.25) is 0 Å². The van der Waals surface area contributed by atoms with Crippen LogP contribution in [0, 0.1) is 18.3 Å². The monoisotopic (exact) mass is 381 g/mol. The van der Waals surface area contributed by atoms with Gasteiger partial charge in [-0.3, -0.25) is 5.41 Å². The molecular weight excluding hydrogens is 350 g/mol. The van der Waals surface area contributed by atoms with Crippen molar-refractivity contribution < 1.29 is 0 Å². The normalized spacial score (nSPS) is 17.8. The SMILES string of the molecule is CC.Cc1ccc(Br)cc1C(NC(C)C(=N)N)C1CCCCC1. The molecule has 0 bridgehead atoms. The fraction of sp³-hybridized carbons (Fsp3) is 0.632. The van der Waals surface area contributed by atoms with E-state index in [-0.39, 0.29) is 17.9 Å². The molecule has 2 atom stereocenters. The lowest BCUT2D eigenvalue weighted by molar-refractivity contribution is 0.266. The standard InChI is InChI=1S/C17H26BrN3.C2H6/c1-11-8-9-14(18)10-15(11)16(21-12(2)17(19)20)13-6-4-3-5-7-13;1-2/h8-10,12-13,16,21H,3-7H2,1-2H3,(H3,19,20);1-2H3. The lowest BCUT2D eigenvalue weighted by Crippen LogP contribution is -2.43. The minimum atomic E-state index is -0.0877. The Balaban J connectivity index is 0.00000127. The van der Waals surface area contributed by atoms with Crippen LogP contribution in [0.15, 0.2) is 22.7 Å². The smallest absolute Gasteiger partial charge is 0.108 e. The third-order valence-electron chi connectivity index (χ3n) is 4.59. The van der Waals surface area contributed by atoms with Gasteiger partial charge in [0.15, 0.2) is 0 Å². The van der Waals surface area contributed by atoms with Crippen LogP contribution in [0.4, 0.5) is 0 Å². The van der Waals surface area contributed by atoms with E-state index in [1.807, 2.05) is 20.8 Å². The summed E-state index contributed by atoms with van der Waals surface area (Å²) in [6.07, 6.45) is 6.49. The third kappa shape index (κ3) is 5.92. The Labute approximate surface area is 150 Å². The highest BCUT2D eigenvalue weighted by molar-refractivity contribution is 9.10. The number of hydrogen-bond donors (Lipinski definition) is 3. The van der Waals surface area contributed by atoms with Gasteiger partial charge in [-0.2, -0.15) is 0 Å². The maximum Gasteiger partial charge on any atom is 0.108 e. The summed E-state index contributed by atoms with van der Waals surface area (Å²) in [5, 5.41) is 11.3. The van der Waals surface area contributed by atoms with E-state index in [0.717, 1.165) is 4.47 Å². The molecule has 1 fully saturated rings. The molecule has 0 aromatic heterocycles. The zero-order chi connectivity index (χ0) is 17.4. The number of nitrogens with one attached hydrogen (secondary N) is 2. The molecule has 1 aliphatic carbocycles. The third-order valence-corrected chi connectivity index (χ3v) is 5.09. The summed E-state index contributed by atoms with van der Waals surface area (Å²) in [5.74, 6) is 0.844. The van der Waals surface area contributed by atoms with E-state index in [2.05, 4.69) is 46.4 Å². The van der Waals surface area contributed by atoms with Crippen LogP contribution >= 0.6 is 15.9 Å². The molecule has 0 heterocycles. The molecule has 1 aromatic rings. The Kier molecular flexibility index (Phi) is 8.85. The van der Waals surface area contributed by atoms with Gasteiger partial charge in [-0.15, -0.1) is 0 Å². The first-order chi connectivity index (χ1) is 11.0. The molecule has 0 amide bonds. The van der Waals surface area contributed by atoms with Crippen molar-refractivity contribution in [2.45, 2.75) is 71.9 Å². The first-order valence-corrected chi connectivity index (χ1v) is 9.64. The minimum absolute atomic E-state index is 0.0877. The molecular formula is C19H32BrN3. The van der Waals surface area contributed by atoms with Crippen LogP contribution in [0.25, 0.3) is 0 Å². The molecule has 4 heteroatoms. The molecule has 2 rings (SSSR count). The number of benzene rings is 1. The highest BCUT2D eigenvalue weighted by Crippen LogP contribution is 2.36. The Morgan fingerprint density at radius 3 is 2.43 bits per heavy atom. The molecule has 1 aromatic carbocycles. The van der Waals surface area contributed by atoms with Gasteiger partial charge in [0, 0.05) is 10.5 Å². The largest absolute Gasteiger partial charge is 0.386 e. The van der Waals surface area contributed by atoms with E-state index < -0.39 is 0 Å². The first-order valence-electron chi connectivity index (χ1n) is 8.85. The van der Waals surface area contributed by atoms with Crippen molar-refractivity contribution in [1.82, 2.24) is 5.32 Å². The fourth-order valence-electron chi connectivity index (χ4n) is 3.25. The summed E-state index contributed by atoms with van der Waals surface area (Å²) >= 11 is 3.59. The average molecular weight is 382 g/mol. The Hall–Kier alpha value is -0.870. The number of amidine groups is 1. The summed E-state index contributed by atoms with van der Waals surface area (Å²) in [4.78, 5) is 0. The Morgan fingerprint density at radius 2 is 1.87 bits per heavy atom. The molecule has 1 saturated carbocycles. The number of hydrogen-bond acceptors (Lipinski definition) is 2. The van der Waals surface area contributed by atoms with Crippen molar-refractivity contribution in [1.29, 1.82) is 5.41 Å². The van der Waals surface area contributed by atoms with Gasteiger partial charge in [-0.1, -0.05) is 55.1 Å². The maximum atomic E-state index is 7.67. The second-order valence-electron chi connectivity index (χ2n) is 6.22. The van der Waals surface area contributed by atoms with Crippen LogP contribution < -0.4 is 11.1 Å². The second kappa shape index (κ2) is 10.1. The topological polar surface area (TPSA) is 61.9 Å². The van der Waals surface area contributed by atoms with E-state index in [1.54, 1.807) is 0 Å². The van der Waals surface area contributed by atoms with Crippen LogP contribution in [0.5, 0.6) is 0 Å². The number of aryl methyl sites for hydroxylation is 1. The van der Waals surface area contributed by atoms with Crippen LogP contribution in [0.1, 0.15) is 70.0 Å². The zero-order valence-electron chi connectivity index (χ0n) is 15.0.